The van der Waals surface area contributed by atoms with Crippen LogP contribution in [0.1, 0.15) is 49.9 Å². The number of rotatable bonds is 7. The minimum Gasteiger partial charge on any atom is -0.456 e. The summed E-state index contributed by atoms with van der Waals surface area (Å²) in [6.07, 6.45) is 0. The number of para-hydroxylation sites is 4. The van der Waals surface area contributed by atoms with Gasteiger partial charge < -0.3 is 13.9 Å². The summed E-state index contributed by atoms with van der Waals surface area (Å²) in [6, 6.07) is 89.6. The van der Waals surface area contributed by atoms with Gasteiger partial charge in [-0.3, -0.25) is 0 Å². The molecular formula is C72H52N2O. The third kappa shape index (κ3) is 6.34. The maximum absolute atomic E-state index is 6.43. The summed E-state index contributed by atoms with van der Waals surface area (Å²) < 4.78 is 8.83. The van der Waals surface area contributed by atoms with Crippen LogP contribution in [0.5, 0.6) is 0 Å². The maximum atomic E-state index is 6.43. The summed E-state index contributed by atoms with van der Waals surface area (Å²) in [6.45, 7) is 9.57. The lowest BCUT2D eigenvalue weighted by Crippen LogP contribution is -2.21. The lowest BCUT2D eigenvalue weighted by molar-refractivity contribution is 0.660. The monoisotopic (exact) mass is 960 g/mol. The van der Waals surface area contributed by atoms with E-state index < -0.39 is 0 Å². The first-order valence-electron chi connectivity index (χ1n) is 26.2. The number of aromatic nitrogens is 1. The fourth-order valence-electron chi connectivity index (χ4n) is 13.4. The van der Waals surface area contributed by atoms with E-state index in [9.17, 15) is 0 Å². The summed E-state index contributed by atoms with van der Waals surface area (Å²) >= 11 is 0. The van der Waals surface area contributed by atoms with E-state index in [1.54, 1.807) is 0 Å². The highest BCUT2D eigenvalue weighted by atomic mass is 16.3. The van der Waals surface area contributed by atoms with Crippen LogP contribution in [-0.2, 0) is 10.8 Å². The van der Waals surface area contributed by atoms with Crippen LogP contribution in [0.2, 0.25) is 0 Å². The van der Waals surface area contributed by atoms with E-state index in [2.05, 4.69) is 274 Å². The highest BCUT2D eigenvalue weighted by Gasteiger charge is 2.40. The molecule has 2 aromatic heterocycles. The second kappa shape index (κ2) is 16.2. The molecule has 0 spiro atoms. The summed E-state index contributed by atoms with van der Waals surface area (Å²) in [7, 11) is 0. The van der Waals surface area contributed by atoms with E-state index in [0.717, 1.165) is 44.4 Å². The Morgan fingerprint density at radius 1 is 0.347 bits per heavy atom. The van der Waals surface area contributed by atoms with Gasteiger partial charge in [-0.25, -0.2) is 0 Å². The molecule has 0 N–H and O–H groups in total. The molecule has 75 heavy (non-hydrogen) atoms. The number of anilines is 3. The molecule has 356 valence electrons. The fourth-order valence-corrected chi connectivity index (χ4v) is 13.4. The van der Waals surface area contributed by atoms with E-state index in [4.69, 9.17) is 4.42 Å². The van der Waals surface area contributed by atoms with Crippen molar-refractivity contribution in [2.45, 2.75) is 38.5 Å². The topological polar surface area (TPSA) is 21.3 Å². The zero-order chi connectivity index (χ0) is 50.2. The first-order valence-corrected chi connectivity index (χ1v) is 26.2. The summed E-state index contributed by atoms with van der Waals surface area (Å²) in [4.78, 5) is 2.53. The highest BCUT2D eigenvalue weighted by Crippen LogP contribution is 2.57. The molecular weight excluding hydrogens is 909 g/mol. The van der Waals surface area contributed by atoms with Gasteiger partial charge in [0.25, 0.3) is 0 Å². The molecule has 11 aromatic carbocycles. The molecule has 3 nitrogen and oxygen atoms in total. The molecule has 0 unspecified atom stereocenters. The molecule has 0 radical (unpaired) electrons. The minimum absolute atomic E-state index is 0.217. The molecule has 0 atom stereocenters. The van der Waals surface area contributed by atoms with Gasteiger partial charge in [-0.1, -0.05) is 198 Å². The second-order valence-electron chi connectivity index (χ2n) is 21.6. The van der Waals surface area contributed by atoms with Crippen LogP contribution in [-0.4, -0.2) is 4.57 Å². The number of hydrogen-bond acceptors (Lipinski definition) is 2. The van der Waals surface area contributed by atoms with Crippen LogP contribution < -0.4 is 4.90 Å². The van der Waals surface area contributed by atoms with Gasteiger partial charge in [0.2, 0.25) is 0 Å². The second-order valence-corrected chi connectivity index (χ2v) is 21.6. The molecule has 2 aliphatic rings. The molecule has 0 saturated heterocycles. The third-order valence-corrected chi connectivity index (χ3v) is 16.8. The van der Waals surface area contributed by atoms with Gasteiger partial charge in [-0.15, -0.1) is 0 Å². The molecule has 0 bridgehead atoms. The smallest absolute Gasteiger partial charge is 0.136 e. The van der Waals surface area contributed by atoms with Crippen LogP contribution in [0, 0.1) is 0 Å². The van der Waals surface area contributed by atoms with Gasteiger partial charge in [-0.05, 0) is 145 Å². The molecule has 15 rings (SSSR count). The SMILES string of the molecule is CC1(C)c2ccc(-c3ccccc3N(c3cccc(-c4cccc5oc6ccccc6c45)c3)c3cccc4c3C(C)(C)c3ccccc3-4)cc2-c2ccc(-c3cccc4c3c3ccccc3n4-c3ccccc3)cc21. The molecule has 0 amide bonds. The fraction of sp³-hybridized carbons (Fsp3) is 0.0833. The molecule has 3 heteroatoms. The molecule has 0 fully saturated rings. The van der Waals surface area contributed by atoms with Crippen molar-refractivity contribution >= 4 is 60.8 Å². The predicted molar refractivity (Wildman–Crippen MR) is 314 cm³/mol. The van der Waals surface area contributed by atoms with E-state index in [1.807, 2.05) is 6.07 Å². The molecule has 0 aliphatic heterocycles. The molecule has 0 saturated carbocycles. The van der Waals surface area contributed by atoms with E-state index in [0.29, 0.717) is 0 Å². The number of nitrogens with zero attached hydrogens (tertiary/aromatic N) is 2. The van der Waals surface area contributed by atoms with Crippen molar-refractivity contribution in [2.75, 3.05) is 4.90 Å². The van der Waals surface area contributed by atoms with Crippen molar-refractivity contribution in [3.8, 4) is 61.3 Å². The first kappa shape index (κ1) is 43.4. The standard InChI is InChI=1S/C72H52N2O/c1-71(2)60-41-39-46(43-58(60)54-40-38-47(44-61(54)71)51-28-17-34-64-68(51)56-26-10-14-33-63(56)73(64)48-21-6-5-7-22-48)50-24-9-13-32-62(50)74(65-35-18-30-55-53-25-8-12-31-59(53)72(3,4)70(55)65)49-23-16-20-45(42-49)52-29-19-37-67-69(52)57-27-11-15-36-66(57)75-67/h5-44H,1-4H3. The first-order chi connectivity index (χ1) is 36.7. The van der Waals surface area contributed by atoms with Gasteiger partial charge in [0.1, 0.15) is 11.2 Å². The Balaban J connectivity index is 0.895. The van der Waals surface area contributed by atoms with Gasteiger partial charge in [-0.2, -0.15) is 0 Å². The van der Waals surface area contributed by atoms with E-state index in [-0.39, 0.29) is 10.8 Å². The Kier molecular flexibility index (Phi) is 9.35. The number of benzene rings is 11. The Morgan fingerprint density at radius 3 is 1.81 bits per heavy atom. The van der Waals surface area contributed by atoms with Gasteiger partial charge in [0.05, 0.1) is 22.4 Å². The van der Waals surface area contributed by atoms with Crippen molar-refractivity contribution in [1.82, 2.24) is 4.57 Å². The van der Waals surface area contributed by atoms with Crippen molar-refractivity contribution in [3.63, 3.8) is 0 Å². The predicted octanol–water partition coefficient (Wildman–Crippen LogP) is 19.8. The number of furan rings is 1. The Bertz CT molecular complexity index is 4490. The van der Waals surface area contributed by atoms with Gasteiger partial charge in [0, 0.05) is 49.3 Å². The number of hydrogen-bond donors (Lipinski definition) is 0. The summed E-state index contributed by atoms with van der Waals surface area (Å²) in [5, 5.41) is 4.80. The third-order valence-electron chi connectivity index (χ3n) is 16.8. The van der Waals surface area contributed by atoms with Crippen molar-refractivity contribution in [3.05, 3.63) is 265 Å². The largest absolute Gasteiger partial charge is 0.456 e. The maximum Gasteiger partial charge on any atom is 0.136 e. The quantitative estimate of drug-likeness (QED) is 0.159. The van der Waals surface area contributed by atoms with Crippen LogP contribution in [0.4, 0.5) is 17.1 Å². The molecule has 2 heterocycles. The highest BCUT2D eigenvalue weighted by molar-refractivity contribution is 6.16. The molecule has 2 aliphatic carbocycles. The van der Waals surface area contributed by atoms with Crippen molar-refractivity contribution in [2.24, 2.45) is 0 Å². The van der Waals surface area contributed by atoms with Crippen molar-refractivity contribution < 1.29 is 4.42 Å². The van der Waals surface area contributed by atoms with Crippen LogP contribution in [0.15, 0.2) is 247 Å². The number of fused-ring (bicyclic) bond motifs is 12. The summed E-state index contributed by atoms with van der Waals surface area (Å²) in [5.74, 6) is 0. The van der Waals surface area contributed by atoms with Crippen LogP contribution >= 0.6 is 0 Å². The lowest BCUT2D eigenvalue weighted by atomic mass is 9.81. The van der Waals surface area contributed by atoms with Gasteiger partial charge in [0.15, 0.2) is 0 Å². The normalized spacial score (nSPS) is 13.8. The summed E-state index contributed by atoms with van der Waals surface area (Å²) in [5.41, 5.74) is 26.0. The average Bonchev–Trinajstić information content (AvgIpc) is 4.23. The van der Waals surface area contributed by atoms with E-state index in [1.165, 1.54) is 99.9 Å². The Hall–Kier alpha value is -9.18. The lowest BCUT2D eigenvalue weighted by Gasteiger charge is -2.33. The average molecular weight is 961 g/mol. The van der Waals surface area contributed by atoms with E-state index >= 15 is 0 Å². The van der Waals surface area contributed by atoms with Crippen LogP contribution in [0.25, 0.3) is 105 Å². The van der Waals surface area contributed by atoms with Crippen LogP contribution in [0.3, 0.4) is 0 Å². The zero-order valence-electron chi connectivity index (χ0n) is 42.4. The Morgan fingerprint density at radius 2 is 0.933 bits per heavy atom. The zero-order valence-corrected chi connectivity index (χ0v) is 42.4. The molecule has 13 aromatic rings. The minimum atomic E-state index is -0.249. The Labute approximate surface area is 437 Å². The van der Waals surface area contributed by atoms with Gasteiger partial charge >= 0.3 is 0 Å². The van der Waals surface area contributed by atoms with Crippen molar-refractivity contribution in [1.29, 1.82) is 0 Å².